The SMILES string of the molecule is Cl.O=C(CCC1CCNCC1)NCc1cc(Br)ccc1OC(F)F. The zero-order valence-electron chi connectivity index (χ0n) is 13.2. The first-order valence-electron chi connectivity index (χ1n) is 7.75. The lowest BCUT2D eigenvalue weighted by Crippen LogP contribution is -2.29. The molecule has 2 rings (SSSR count). The highest BCUT2D eigenvalue weighted by molar-refractivity contribution is 9.10. The Morgan fingerprint density at radius 3 is 2.75 bits per heavy atom. The molecule has 1 aliphatic heterocycles. The number of carbonyl (C=O) groups is 1. The maximum absolute atomic E-state index is 12.4. The highest BCUT2D eigenvalue weighted by Crippen LogP contribution is 2.25. The Bertz CT molecular complexity index is 529. The third-order valence-corrected chi connectivity index (χ3v) is 4.45. The molecule has 2 N–H and O–H groups in total. The summed E-state index contributed by atoms with van der Waals surface area (Å²) >= 11 is 3.29. The summed E-state index contributed by atoms with van der Waals surface area (Å²) < 4.78 is 30.0. The second-order valence-electron chi connectivity index (χ2n) is 5.64. The van der Waals surface area contributed by atoms with Crippen LogP contribution in [0, 0.1) is 5.92 Å². The number of ether oxygens (including phenoxy) is 1. The van der Waals surface area contributed by atoms with Crippen LogP contribution in [0.4, 0.5) is 8.78 Å². The number of carbonyl (C=O) groups excluding carboxylic acids is 1. The number of hydrogen-bond acceptors (Lipinski definition) is 3. The lowest BCUT2D eigenvalue weighted by Gasteiger charge is -2.22. The van der Waals surface area contributed by atoms with Crippen molar-refractivity contribution in [3.05, 3.63) is 28.2 Å². The molecule has 0 bridgehead atoms. The van der Waals surface area contributed by atoms with Crippen LogP contribution < -0.4 is 15.4 Å². The van der Waals surface area contributed by atoms with Gasteiger partial charge in [-0.2, -0.15) is 8.78 Å². The molecule has 1 fully saturated rings. The molecular weight excluding hydrogens is 406 g/mol. The summed E-state index contributed by atoms with van der Waals surface area (Å²) in [5.41, 5.74) is 0.523. The summed E-state index contributed by atoms with van der Waals surface area (Å²) in [5, 5.41) is 6.07. The third-order valence-electron chi connectivity index (χ3n) is 3.95. The number of benzene rings is 1. The monoisotopic (exact) mass is 426 g/mol. The van der Waals surface area contributed by atoms with Crippen LogP contribution in [-0.2, 0) is 11.3 Å². The van der Waals surface area contributed by atoms with E-state index in [0.29, 0.717) is 17.9 Å². The number of alkyl halides is 2. The number of amides is 1. The molecule has 0 aromatic heterocycles. The van der Waals surface area contributed by atoms with Gasteiger partial charge in [-0.15, -0.1) is 12.4 Å². The van der Waals surface area contributed by atoms with Gasteiger partial charge in [0, 0.05) is 23.0 Å². The summed E-state index contributed by atoms with van der Waals surface area (Å²) in [6.07, 6.45) is 3.53. The molecule has 1 aliphatic rings. The fraction of sp³-hybridized carbons (Fsp3) is 0.562. The van der Waals surface area contributed by atoms with Gasteiger partial charge in [-0.05, 0) is 56.5 Å². The minimum absolute atomic E-state index is 0. The Labute approximate surface area is 155 Å². The zero-order valence-corrected chi connectivity index (χ0v) is 15.6. The third kappa shape index (κ3) is 7.32. The van der Waals surface area contributed by atoms with Gasteiger partial charge in [-0.25, -0.2) is 0 Å². The van der Waals surface area contributed by atoms with E-state index in [9.17, 15) is 13.6 Å². The quantitative estimate of drug-likeness (QED) is 0.694. The van der Waals surface area contributed by atoms with Gasteiger partial charge < -0.3 is 15.4 Å². The first kappa shape index (κ1) is 21.1. The Hall–Kier alpha value is -0.920. The van der Waals surface area contributed by atoms with E-state index in [1.165, 1.54) is 6.07 Å². The van der Waals surface area contributed by atoms with Crippen LogP contribution in [0.1, 0.15) is 31.2 Å². The van der Waals surface area contributed by atoms with E-state index < -0.39 is 6.61 Å². The van der Waals surface area contributed by atoms with Crippen LogP contribution in [0.2, 0.25) is 0 Å². The Morgan fingerprint density at radius 2 is 2.08 bits per heavy atom. The van der Waals surface area contributed by atoms with Gasteiger partial charge in [-0.3, -0.25) is 4.79 Å². The molecular formula is C16H22BrClF2N2O2. The summed E-state index contributed by atoms with van der Waals surface area (Å²) in [6, 6.07) is 4.76. The minimum Gasteiger partial charge on any atom is -0.434 e. The number of hydrogen-bond donors (Lipinski definition) is 2. The average Bonchev–Trinajstić information content (AvgIpc) is 2.53. The van der Waals surface area contributed by atoms with Gasteiger partial charge in [0.2, 0.25) is 5.91 Å². The molecule has 136 valence electrons. The second kappa shape index (κ2) is 10.8. The molecule has 1 saturated heterocycles. The standard InChI is InChI=1S/C16H21BrF2N2O2.ClH/c17-13-2-3-14(23-16(18)19)12(9-13)10-21-15(22)4-1-11-5-7-20-8-6-11;/h2-3,9,11,16,20H,1,4-8,10H2,(H,21,22);1H. The van der Waals surface area contributed by atoms with Crippen LogP contribution in [-0.4, -0.2) is 25.6 Å². The van der Waals surface area contributed by atoms with Crippen LogP contribution in [0.25, 0.3) is 0 Å². The summed E-state index contributed by atoms with van der Waals surface area (Å²) in [6.45, 7) is -0.685. The normalized spacial score (nSPS) is 15.0. The molecule has 0 radical (unpaired) electrons. The van der Waals surface area contributed by atoms with Gasteiger partial charge in [0.1, 0.15) is 5.75 Å². The molecule has 24 heavy (non-hydrogen) atoms. The molecule has 0 atom stereocenters. The van der Waals surface area contributed by atoms with Crippen molar-refractivity contribution in [2.75, 3.05) is 13.1 Å². The smallest absolute Gasteiger partial charge is 0.387 e. The topological polar surface area (TPSA) is 50.4 Å². The Balaban J connectivity index is 0.00000288. The van der Waals surface area contributed by atoms with Crippen LogP contribution >= 0.6 is 28.3 Å². The first-order chi connectivity index (χ1) is 11.0. The van der Waals surface area contributed by atoms with Crippen molar-refractivity contribution in [3.63, 3.8) is 0 Å². The number of rotatable bonds is 7. The lowest BCUT2D eigenvalue weighted by atomic mass is 9.93. The molecule has 1 aromatic rings. The molecule has 4 nitrogen and oxygen atoms in total. The number of halogens is 4. The van der Waals surface area contributed by atoms with Crippen molar-refractivity contribution in [1.29, 1.82) is 0 Å². The molecule has 0 aliphatic carbocycles. The van der Waals surface area contributed by atoms with Gasteiger partial charge in [0.15, 0.2) is 0 Å². The van der Waals surface area contributed by atoms with E-state index in [2.05, 4.69) is 31.3 Å². The molecule has 0 unspecified atom stereocenters. The lowest BCUT2D eigenvalue weighted by molar-refractivity contribution is -0.121. The fourth-order valence-electron chi connectivity index (χ4n) is 2.68. The maximum atomic E-state index is 12.4. The van der Waals surface area contributed by atoms with Crippen LogP contribution in [0.3, 0.4) is 0 Å². The Morgan fingerprint density at radius 1 is 1.38 bits per heavy atom. The van der Waals surface area contributed by atoms with E-state index in [4.69, 9.17) is 0 Å². The number of piperidine rings is 1. The average molecular weight is 428 g/mol. The van der Waals surface area contributed by atoms with Crippen molar-refractivity contribution in [2.24, 2.45) is 5.92 Å². The van der Waals surface area contributed by atoms with Gasteiger partial charge >= 0.3 is 6.61 Å². The summed E-state index contributed by atoms with van der Waals surface area (Å²) in [7, 11) is 0. The fourth-order valence-corrected chi connectivity index (χ4v) is 3.09. The van der Waals surface area contributed by atoms with Crippen LogP contribution in [0.15, 0.2) is 22.7 Å². The molecule has 1 aromatic carbocycles. The van der Waals surface area contributed by atoms with Crippen molar-refractivity contribution in [3.8, 4) is 5.75 Å². The molecule has 1 heterocycles. The minimum atomic E-state index is -2.88. The van der Waals surface area contributed by atoms with E-state index in [0.717, 1.165) is 36.8 Å². The zero-order chi connectivity index (χ0) is 16.7. The van der Waals surface area contributed by atoms with E-state index in [1.54, 1.807) is 12.1 Å². The number of nitrogens with one attached hydrogen (secondary N) is 2. The van der Waals surface area contributed by atoms with E-state index in [-0.39, 0.29) is 30.6 Å². The van der Waals surface area contributed by atoms with Crippen LogP contribution in [0.5, 0.6) is 5.75 Å². The van der Waals surface area contributed by atoms with E-state index >= 15 is 0 Å². The van der Waals surface area contributed by atoms with Crippen molar-refractivity contribution in [1.82, 2.24) is 10.6 Å². The largest absolute Gasteiger partial charge is 0.434 e. The second-order valence-corrected chi connectivity index (χ2v) is 6.56. The molecule has 0 saturated carbocycles. The molecule has 1 amide bonds. The first-order valence-corrected chi connectivity index (χ1v) is 8.54. The van der Waals surface area contributed by atoms with E-state index in [1.807, 2.05) is 0 Å². The Kier molecular flexibility index (Phi) is 9.54. The maximum Gasteiger partial charge on any atom is 0.387 e. The summed E-state index contributed by atoms with van der Waals surface area (Å²) in [4.78, 5) is 12.0. The highest BCUT2D eigenvalue weighted by Gasteiger charge is 2.15. The van der Waals surface area contributed by atoms with Gasteiger partial charge in [0.25, 0.3) is 0 Å². The van der Waals surface area contributed by atoms with Gasteiger partial charge in [-0.1, -0.05) is 15.9 Å². The van der Waals surface area contributed by atoms with Crippen molar-refractivity contribution in [2.45, 2.75) is 38.8 Å². The van der Waals surface area contributed by atoms with Crippen molar-refractivity contribution >= 4 is 34.2 Å². The molecule has 0 spiro atoms. The molecule has 8 heteroatoms. The van der Waals surface area contributed by atoms with Gasteiger partial charge in [0.05, 0.1) is 0 Å². The predicted molar refractivity (Wildman–Crippen MR) is 94.7 cm³/mol. The highest BCUT2D eigenvalue weighted by atomic mass is 79.9. The predicted octanol–water partition coefficient (Wildman–Crippen LogP) is 3.87. The summed E-state index contributed by atoms with van der Waals surface area (Å²) in [5.74, 6) is 0.610. The van der Waals surface area contributed by atoms with Crippen molar-refractivity contribution < 1.29 is 18.3 Å².